The first-order valence-electron chi connectivity index (χ1n) is 11.5. The lowest BCUT2D eigenvalue weighted by atomic mass is 10.1. The molecule has 0 aliphatic carbocycles. The van der Waals surface area contributed by atoms with Gasteiger partial charge in [0.05, 0.1) is 4.90 Å². The average Bonchev–Trinajstić information content (AvgIpc) is 2.79. The number of nitrogens with one attached hydrogen (secondary N) is 1. The van der Waals surface area contributed by atoms with Crippen LogP contribution in [0.5, 0.6) is 0 Å². The molecule has 0 saturated heterocycles. The Morgan fingerprint density at radius 2 is 1.74 bits per heavy atom. The molecule has 1 amide bonds. The number of carbonyl (C=O) groups is 1. The molecule has 1 N–H and O–H groups in total. The van der Waals surface area contributed by atoms with Crippen LogP contribution in [0.3, 0.4) is 0 Å². The fourth-order valence-corrected chi connectivity index (χ4v) is 5.40. The van der Waals surface area contributed by atoms with Gasteiger partial charge in [-0.2, -0.15) is 4.31 Å². The fourth-order valence-electron chi connectivity index (χ4n) is 3.67. The first kappa shape index (κ1) is 25.6. The van der Waals surface area contributed by atoms with Gasteiger partial charge < -0.3 is 10.1 Å². The van der Waals surface area contributed by atoms with Crippen LogP contribution in [0.4, 0.5) is 4.79 Å². The van der Waals surface area contributed by atoms with Crippen LogP contribution in [0.2, 0.25) is 0 Å². The van der Waals surface area contributed by atoms with Gasteiger partial charge in [0.15, 0.2) is 0 Å². The molecule has 1 heterocycles. The number of pyridine rings is 1. The van der Waals surface area contributed by atoms with E-state index in [1.807, 2.05) is 36.4 Å². The number of hydrogen-bond donors (Lipinski definition) is 1. The second kappa shape index (κ2) is 11.4. The molecule has 1 aromatic heterocycles. The Labute approximate surface area is 202 Å². The van der Waals surface area contributed by atoms with Crippen molar-refractivity contribution in [3.05, 3.63) is 72.6 Å². The van der Waals surface area contributed by atoms with Gasteiger partial charge >= 0.3 is 6.09 Å². The molecular formula is C26H33N3O4S. The van der Waals surface area contributed by atoms with E-state index in [9.17, 15) is 13.2 Å². The van der Waals surface area contributed by atoms with Gasteiger partial charge in [-0.15, -0.1) is 0 Å². The summed E-state index contributed by atoms with van der Waals surface area (Å²) in [6.07, 6.45) is 4.70. The van der Waals surface area contributed by atoms with Gasteiger partial charge in [0.2, 0.25) is 10.0 Å². The fraction of sp³-hybridized carbons (Fsp3) is 0.385. The van der Waals surface area contributed by atoms with E-state index in [0.717, 1.165) is 11.8 Å². The summed E-state index contributed by atoms with van der Waals surface area (Å²) < 4.78 is 34.2. The van der Waals surface area contributed by atoms with Crippen LogP contribution in [-0.4, -0.2) is 49.0 Å². The first-order chi connectivity index (χ1) is 16.2. The maximum absolute atomic E-state index is 13.7. The van der Waals surface area contributed by atoms with E-state index in [1.165, 1.54) is 9.87 Å². The molecule has 3 rings (SSSR count). The molecule has 34 heavy (non-hydrogen) atoms. The number of benzene rings is 2. The summed E-state index contributed by atoms with van der Waals surface area (Å²) in [5.41, 5.74) is 0.586. The summed E-state index contributed by atoms with van der Waals surface area (Å²) in [5, 5.41) is 4.13. The monoisotopic (exact) mass is 483 g/mol. The molecule has 0 bridgehead atoms. The molecule has 8 heteroatoms. The van der Waals surface area contributed by atoms with Crippen molar-refractivity contribution < 1.29 is 17.9 Å². The van der Waals surface area contributed by atoms with E-state index in [1.54, 1.807) is 51.4 Å². The van der Waals surface area contributed by atoms with E-state index in [-0.39, 0.29) is 11.4 Å². The third-order valence-electron chi connectivity index (χ3n) is 5.23. The van der Waals surface area contributed by atoms with Crippen LogP contribution in [0, 0.1) is 0 Å². The zero-order valence-electron chi connectivity index (χ0n) is 20.0. The number of fused-ring (bicyclic) bond motifs is 1. The third kappa shape index (κ3) is 7.27. The molecule has 182 valence electrons. The molecule has 0 atom stereocenters. The number of ether oxygens (including phenoxy) is 1. The number of nitrogens with zero attached hydrogens (tertiary/aromatic N) is 2. The van der Waals surface area contributed by atoms with E-state index in [0.29, 0.717) is 31.3 Å². The second-order valence-electron chi connectivity index (χ2n) is 9.13. The SMILES string of the molecule is CC(C)(C)OC(=O)NCCCN(CCCc1ccccc1)S(=O)(=O)c1cccc2cnccc12. The molecular weight excluding hydrogens is 450 g/mol. The highest BCUT2D eigenvalue weighted by Gasteiger charge is 2.26. The predicted octanol–water partition coefficient (Wildman–Crippen LogP) is 4.77. The molecule has 0 aliphatic heterocycles. The lowest BCUT2D eigenvalue weighted by Crippen LogP contribution is -2.37. The Hall–Kier alpha value is -2.97. The lowest BCUT2D eigenvalue weighted by Gasteiger charge is -2.24. The maximum atomic E-state index is 13.7. The van der Waals surface area contributed by atoms with Gasteiger partial charge in [-0.05, 0) is 57.7 Å². The Morgan fingerprint density at radius 1 is 1.00 bits per heavy atom. The normalized spacial score (nSPS) is 12.1. The number of carbonyl (C=O) groups excluding carboxylic acids is 1. The zero-order valence-corrected chi connectivity index (χ0v) is 20.8. The number of amides is 1. The molecule has 0 unspecified atom stereocenters. The highest BCUT2D eigenvalue weighted by Crippen LogP contribution is 2.25. The molecule has 0 aliphatic rings. The number of aryl methyl sites for hydroxylation is 1. The molecule has 0 saturated carbocycles. The summed E-state index contributed by atoms with van der Waals surface area (Å²) in [6, 6.07) is 17.0. The van der Waals surface area contributed by atoms with Gasteiger partial charge in [-0.1, -0.05) is 42.5 Å². The van der Waals surface area contributed by atoms with Crippen molar-refractivity contribution >= 4 is 26.9 Å². The van der Waals surface area contributed by atoms with Crippen LogP contribution in [-0.2, 0) is 21.2 Å². The van der Waals surface area contributed by atoms with Crippen molar-refractivity contribution in [2.24, 2.45) is 0 Å². The van der Waals surface area contributed by atoms with Gasteiger partial charge in [0.1, 0.15) is 5.60 Å². The van der Waals surface area contributed by atoms with Gasteiger partial charge in [-0.3, -0.25) is 4.98 Å². The minimum atomic E-state index is -3.75. The van der Waals surface area contributed by atoms with E-state index in [2.05, 4.69) is 10.3 Å². The van der Waals surface area contributed by atoms with E-state index >= 15 is 0 Å². The van der Waals surface area contributed by atoms with Crippen LogP contribution in [0.1, 0.15) is 39.2 Å². The quantitative estimate of drug-likeness (QED) is 0.420. The van der Waals surface area contributed by atoms with Crippen molar-refractivity contribution in [2.75, 3.05) is 19.6 Å². The summed E-state index contributed by atoms with van der Waals surface area (Å²) in [4.78, 5) is 16.3. The van der Waals surface area contributed by atoms with Crippen molar-refractivity contribution in [1.29, 1.82) is 0 Å². The van der Waals surface area contributed by atoms with Gasteiger partial charge in [0.25, 0.3) is 0 Å². The number of aromatic nitrogens is 1. The molecule has 3 aromatic rings. The zero-order chi connectivity index (χ0) is 24.6. The van der Waals surface area contributed by atoms with Gasteiger partial charge in [-0.25, -0.2) is 13.2 Å². The number of rotatable bonds is 10. The molecule has 0 fully saturated rings. The minimum Gasteiger partial charge on any atom is -0.444 e. The summed E-state index contributed by atoms with van der Waals surface area (Å²) in [5.74, 6) is 0. The summed E-state index contributed by atoms with van der Waals surface area (Å²) in [7, 11) is -3.75. The Bertz CT molecular complexity index is 1190. The predicted molar refractivity (Wildman–Crippen MR) is 134 cm³/mol. The first-order valence-corrected chi connectivity index (χ1v) is 12.9. The topological polar surface area (TPSA) is 88.6 Å². The highest BCUT2D eigenvalue weighted by atomic mass is 32.2. The smallest absolute Gasteiger partial charge is 0.407 e. The van der Waals surface area contributed by atoms with Crippen LogP contribution >= 0.6 is 0 Å². The number of alkyl carbamates (subject to hydrolysis) is 1. The molecule has 7 nitrogen and oxygen atoms in total. The largest absolute Gasteiger partial charge is 0.444 e. The average molecular weight is 484 g/mol. The van der Waals surface area contributed by atoms with Crippen LogP contribution in [0.15, 0.2) is 71.9 Å². The van der Waals surface area contributed by atoms with E-state index < -0.39 is 21.7 Å². The van der Waals surface area contributed by atoms with Gasteiger partial charge in [0, 0.05) is 42.8 Å². The van der Waals surface area contributed by atoms with Crippen molar-refractivity contribution in [1.82, 2.24) is 14.6 Å². The second-order valence-corrected chi connectivity index (χ2v) is 11.0. The maximum Gasteiger partial charge on any atom is 0.407 e. The molecule has 0 radical (unpaired) electrons. The molecule has 2 aromatic carbocycles. The Morgan fingerprint density at radius 3 is 2.47 bits per heavy atom. The lowest BCUT2D eigenvalue weighted by molar-refractivity contribution is 0.0527. The third-order valence-corrected chi connectivity index (χ3v) is 7.18. The molecule has 0 spiro atoms. The van der Waals surface area contributed by atoms with E-state index in [4.69, 9.17) is 4.74 Å². The van der Waals surface area contributed by atoms with Crippen LogP contribution < -0.4 is 5.32 Å². The number of hydrogen-bond acceptors (Lipinski definition) is 5. The Balaban J connectivity index is 1.72. The van der Waals surface area contributed by atoms with Crippen LogP contribution in [0.25, 0.3) is 10.8 Å². The summed E-state index contributed by atoms with van der Waals surface area (Å²) in [6.45, 7) is 6.38. The van der Waals surface area contributed by atoms with Crippen molar-refractivity contribution in [3.8, 4) is 0 Å². The standard InChI is InChI=1S/C26H33N3O4S/c1-26(2,3)33-25(30)28-16-9-19-29(18-8-12-21-10-5-4-6-11-21)34(31,32)24-14-7-13-22-20-27-17-15-23(22)24/h4-7,10-11,13-15,17,20H,8-9,12,16,18-19H2,1-3H3,(H,28,30). The summed E-state index contributed by atoms with van der Waals surface area (Å²) >= 11 is 0. The Kier molecular flexibility index (Phi) is 8.63. The minimum absolute atomic E-state index is 0.271. The highest BCUT2D eigenvalue weighted by molar-refractivity contribution is 7.89. The van der Waals surface area contributed by atoms with Crippen molar-refractivity contribution in [3.63, 3.8) is 0 Å². The number of sulfonamides is 1. The van der Waals surface area contributed by atoms with Crippen molar-refractivity contribution in [2.45, 2.75) is 50.5 Å².